The molecule has 0 aromatic heterocycles. The van der Waals surface area contributed by atoms with Gasteiger partial charge in [0.05, 0.1) is 10.7 Å². The molecule has 2 aromatic carbocycles. The summed E-state index contributed by atoms with van der Waals surface area (Å²) >= 11 is 8.32. The number of amides is 1. The second-order valence-electron chi connectivity index (χ2n) is 10.1. The maximum Gasteiger partial charge on any atom is 0.262 e. The molecule has 1 N–H and O–H groups in total. The second kappa shape index (κ2) is 11.3. The normalized spacial score (nSPS) is 17.7. The molecular weight excluding hydrogens is 631 g/mol. The largest absolute Gasteiger partial charge is 0.493 e. The van der Waals surface area contributed by atoms with Gasteiger partial charge in [-0.1, -0.05) is 17.7 Å². The Balaban J connectivity index is 1.46. The number of hydrogen-bond acceptors (Lipinski definition) is 6. The van der Waals surface area contributed by atoms with Gasteiger partial charge in [0.2, 0.25) is 0 Å². The van der Waals surface area contributed by atoms with Gasteiger partial charge in [-0.2, -0.15) is 0 Å². The monoisotopic (exact) mass is 660 g/mol. The molecule has 0 saturated heterocycles. The molecule has 1 aliphatic heterocycles. The Morgan fingerprint density at radius 3 is 2.28 bits per heavy atom. The summed E-state index contributed by atoms with van der Waals surface area (Å²) in [6.45, 7) is 1.66. The number of Topliss-reactive ketones (excluding diaryl/α,β-unsaturated/α-hetero) is 2. The van der Waals surface area contributed by atoms with Gasteiger partial charge in [0.1, 0.15) is 0 Å². The lowest BCUT2D eigenvalue weighted by molar-refractivity contribution is -0.118. The van der Waals surface area contributed by atoms with Gasteiger partial charge in [0, 0.05) is 59.1 Å². The number of nitrogens with one attached hydrogen (secondary N) is 1. The third kappa shape index (κ3) is 5.33. The van der Waals surface area contributed by atoms with Crippen molar-refractivity contribution in [2.75, 3.05) is 26.1 Å². The molecule has 2 aromatic rings. The number of carbonyl (C=O) groups excluding carboxylic acids is 3. The highest BCUT2D eigenvalue weighted by Crippen LogP contribution is 2.50. The van der Waals surface area contributed by atoms with Gasteiger partial charge in [0.15, 0.2) is 29.7 Å². The summed E-state index contributed by atoms with van der Waals surface area (Å²) < 4.78 is 12.3. The molecule has 7 nitrogen and oxygen atoms in total. The van der Waals surface area contributed by atoms with Crippen molar-refractivity contribution >= 4 is 57.4 Å². The van der Waals surface area contributed by atoms with Crippen LogP contribution >= 0.6 is 34.2 Å². The summed E-state index contributed by atoms with van der Waals surface area (Å²) in [7, 11) is 3.52. The number of ether oxygens (including phenoxy) is 2. The zero-order valence-electron chi connectivity index (χ0n) is 22.2. The number of methoxy groups -OCH3 is 1. The Bertz CT molecular complexity index is 1400. The molecule has 0 radical (unpaired) electrons. The van der Waals surface area contributed by atoms with Crippen LogP contribution in [0.3, 0.4) is 0 Å². The highest BCUT2D eigenvalue weighted by Gasteiger charge is 2.42. The molecule has 39 heavy (non-hydrogen) atoms. The van der Waals surface area contributed by atoms with Crippen LogP contribution in [0.25, 0.3) is 0 Å². The number of halogens is 2. The lowest BCUT2D eigenvalue weighted by Crippen LogP contribution is -2.37. The number of rotatable bonds is 6. The van der Waals surface area contributed by atoms with Crippen molar-refractivity contribution in [1.29, 1.82) is 0 Å². The van der Waals surface area contributed by atoms with Crippen molar-refractivity contribution in [3.63, 3.8) is 0 Å². The van der Waals surface area contributed by atoms with Gasteiger partial charge in [0.25, 0.3) is 5.91 Å². The van der Waals surface area contributed by atoms with E-state index in [0.29, 0.717) is 35.1 Å². The van der Waals surface area contributed by atoms with E-state index >= 15 is 0 Å². The zero-order chi connectivity index (χ0) is 27.8. The maximum absolute atomic E-state index is 13.3. The molecule has 0 atom stereocenters. The topological polar surface area (TPSA) is 84.9 Å². The van der Waals surface area contributed by atoms with Crippen LogP contribution in [0.5, 0.6) is 11.5 Å². The summed E-state index contributed by atoms with van der Waals surface area (Å²) in [6, 6.07) is 9.09. The van der Waals surface area contributed by atoms with E-state index < -0.39 is 5.92 Å². The molecule has 0 bridgehead atoms. The van der Waals surface area contributed by atoms with Crippen LogP contribution < -0.4 is 14.8 Å². The number of carbonyl (C=O) groups is 3. The van der Waals surface area contributed by atoms with E-state index in [-0.39, 0.29) is 24.1 Å². The SMILES string of the molecule is COc1cc(C2C3=C(CCCC3=O)N(C)C3=C2C(=O)CCC3)cc(I)c1OCC(=O)Nc1ccc(C)c(Cl)c1. The van der Waals surface area contributed by atoms with Gasteiger partial charge in [-0.3, -0.25) is 14.4 Å². The molecule has 204 valence electrons. The first-order valence-electron chi connectivity index (χ1n) is 13.0. The molecule has 1 heterocycles. The molecule has 0 spiro atoms. The fourth-order valence-corrected chi connectivity index (χ4v) is 6.70. The first kappa shape index (κ1) is 27.7. The van der Waals surface area contributed by atoms with Crippen LogP contribution in [0.15, 0.2) is 52.9 Å². The van der Waals surface area contributed by atoms with Crippen LogP contribution in [0.1, 0.15) is 55.6 Å². The van der Waals surface area contributed by atoms with Gasteiger partial charge in [-0.25, -0.2) is 0 Å². The van der Waals surface area contributed by atoms with Crippen molar-refractivity contribution in [3.8, 4) is 11.5 Å². The number of ketones is 2. The van der Waals surface area contributed by atoms with Crippen LogP contribution in [0.2, 0.25) is 5.02 Å². The van der Waals surface area contributed by atoms with Crippen LogP contribution in [-0.4, -0.2) is 43.1 Å². The van der Waals surface area contributed by atoms with Gasteiger partial charge >= 0.3 is 0 Å². The first-order chi connectivity index (χ1) is 18.7. The molecule has 0 saturated carbocycles. The Kier molecular flexibility index (Phi) is 8.05. The molecule has 5 rings (SSSR count). The van der Waals surface area contributed by atoms with E-state index in [9.17, 15) is 14.4 Å². The number of allylic oxidation sites excluding steroid dienone is 4. The third-order valence-electron chi connectivity index (χ3n) is 7.63. The number of hydrogen-bond donors (Lipinski definition) is 1. The predicted molar refractivity (Wildman–Crippen MR) is 158 cm³/mol. The Morgan fingerprint density at radius 2 is 1.69 bits per heavy atom. The van der Waals surface area contributed by atoms with Crippen LogP contribution in [-0.2, 0) is 14.4 Å². The van der Waals surface area contributed by atoms with Gasteiger partial charge < -0.3 is 19.7 Å². The van der Waals surface area contributed by atoms with E-state index in [0.717, 1.165) is 62.9 Å². The zero-order valence-corrected chi connectivity index (χ0v) is 25.1. The molecule has 0 fully saturated rings. The minimum absolute atomic E-state index is 0.0974. The van der Waals surface area contributed by atoms with Crippen LogP contribution in [0.4, 0.5) is 5.69 Å². The highest BCUT2D eigenvalue weighted by molar-refractivity contribution is 14.1. The average molecular weight is 661 g/mol. The van der Waals surface area contributed by atoms with Crippen molar-refractivity contribution in [1.82, 2.24) is 4.90 Å². The van der Waals surface area contributed by atoms with Crippen LogP contribution in [0, 0.1) is 10.5 Å². The van der Waals surface area contributed by atoms with E-state index in [4.69, 9.17) is 21.1 Å². The fraction of sp³-hybridized carbons (Fsp3) is 0.367. The highest BCUT2D eigenvalue weighted by atomic mass is 127. The molecule has 1 amide bonds. The molecule has 9 heteroatoms. The van der Waals surface area contributed by atoms with Crippen molar-refractivity contribution in [2.24, 2.45) is 0 Å². The number of benzene rings is 2. The predicted octanol–water partition coefficient (Wildman–Crippen LogP) is 6.32. The second-order valence-corrected chi connectivity index (χ2v) is 11.7. The minimum atomic E-state index is -0.433. The van der Waals surface area contributed by atoms with Gasteiger partial charge in [-0.05, 0) is 90.6 Å². The quantitative estimate of drug-likeness (QED) is 0.365. The van der Waals surface area contributed by atoms with E-state index in [1.165, 1.54) is 7.11 Å². The summed E-state index contributed by atoms with van der Waals surface area (Å²) in [5.74, 6) is 0.300. The maximum atomic E-state index is 13.3. The Morgan fingerprint density at radius 1 is 1.05 bits per heavy atom. The van der Waals surface area contributed by atoms with E-state index in [1.807, 2.05) is 32.2 Å². The smallest absolute Gasteiger partial charge is 0.262 e. The number of aryl methyl sites for hydroxylation is 1. The first-order valence-corrected chi connectivity index (χ1v) is 14.5. The summed E-state index contributed by atoms with van der Waals surface area (Å²) in [5.41, 5.74) is 5.81. The fourth-order valence-electron chi connectivity index (χ4n) is 5.74. The third-order valence-corrected chi connectivity index (χ3v) is 8.84. The summed E-state index contributed by atoms with van der Waals surface area (Å²) in [4.78, 5) is 41.3. The van der Waals surface area contributed by atoms with Crippen molar-refractivity contribution in [3.05, 3.63) is 72.6 Å². The van der Waals surface area contributed by atoms with E-state index in [1.54, 1.807) is 12.1 Å². The molecule has 2 aliphatic carbocycles. The lowest BCUT2D eigenvalue weighted by Gasteiger charge is -2.42. The minimum Gasteiger partial charge on any atom is -0.493 e. The summed E-state index contributed by atoms with van der Waals surface area (Å²) in [5, 5.41) is 3.36. The van der Waals surface area contributed by atoms with Crippen molar-refractivity contribution < 1.29 is 23.9 Å². The molecule has 3 aliphatic rings. The van der Waals surface area contributed by atoms with Gasteiger partial charge in [-0.15, -0.1) is 0 Å². The number of nitrogens with zero attached hydrogens (tertiary/aromatic N) is 1. The number of anilines is 1. The Labute approximate surface area is 246 Å². The lowest BCUT2D eigenvalue weighted by atomic mass is 9.71. The van der Waals surface area contributed by atoms with E-state index in [2.05, 4.69) is 32.8 Å². The molecule has 0 unspecified atom stereocenters. The average Bonchev–Trinajstić information content (AvgIpc) is 2.91. The standard InChI is InChI=1S/C30H30ClIN2O5/c1-16-10-11-18(14-19(16)31)33-26(37)15-39-30-20(32)12-17(13-25(30)38-3)27-28-21(6-4-8-23(28)35)34(2)22-7-5-9-24(36)29(22)27/h10-14,27H,4-9,15H2,1-3H3,(H,33,37). The molecular formula is C30H30ClIN2O5. The Hall–Kier alpha value is -2.85. The summed E-state index contributed by atoms with van der Waals surface area (Å²) in [6.07, 6.45) is 4.23. The van der Waals surface area contributed by atoms with Crippen molar-refractivity contribution in [2.45, 2.75) is 51.4 Å².